The van der Waals surface area contributed by atoms with Crippen molar-refractivity contribution < 1.29 is 18.7 Å². The van der Waals surface area contributed by atoms with Crippen molar-refractivity contribution in [2.24, 2.45) is 0 Å². The van der Waals surface area contributed by atoms with Crippen molar-refractivity contribution in [3.05, 3.63) is 89.9 Å². The van der Waals surface area contributed by atoms with E-state index in [1.54, 1.807) is 35.2 Å². The first-order chi connectivity index (χ1) is 18.6. The summed E-state index contributed by atoms with van der Waals surface area (Å²) >= 11 is 0. The highest BCUT2D eigenvalue weighted by atomic mass is 19.1. The number of benzene rings is 3. The molecule has 1 amide bonds. The molecule has 0 unspecified atom stereocenters. The maximum Gasteiger partial charge on any atom is 0.306 e. The Kier molecular flexibility index (Phi) is 8.69. The first kappa shape index (κ1) is 27.9. The number of aryl methyl sites for hydroxylation is 1. The normalized spacial score (nSPS) is 11.4. The molecule has 1 aromatic heterocycles. The maximum absolute atomic E-state index is 13.6. The van der Waals surface area contributed by atoms with Crippen LogP contribution in [0.5, 0.6) is 0 Å². The zero-order chi connectivity index (χ0) is 28.0. The second-order valence-corrected chi connectivity index (χ2v) is 10.4. The van der Waals surface area contributed by atoms with Crippen LogP contribution < -0.4 is 4.90 Å². The van der Waals surface area contributed by atoms with E-state index >= 15 is 0 Å². The predicted octanol–water partition coefficient (Wildman–Crippen LogP) is 7.16. The van der Waals surface area contributed by atoms with Crippen LogP contribution in [0.1, 0.15) is 63.0 Å². The molecule has 0 fully saturated rings. The van der Waals surface area contributed by atoms with Crippen LogP contribution in [0.15, 0.2) is 72.8 Å². The Bertz CT molecular complexity index is 1450. The Labute approximate surface area is 228 Å². The van der Waals surface area contributed by atoms with Gasteiger partial charge in [0.15, 0.2) is 0 Å². The summed E-state index contributed by atoms with van der Waals surface area (Å²) in [4.78, 5) is 37.0. The topological polar surface area (TPSA) is 72.4 Å². The molecule has 0 bridgehead atoms. The standard InChI is InChI=1S/C32H34FN3O3/c1-5-36(25-11-7-6-8-12-25)31(38)23-17-20-26-28(21-23)34-27(13-9-10-14-29(37)39-32(2,3)4)30(35-26)22-15-18-24(33)19-16-22/h6-8,11-12,15-21H,5,9-10,13-14H2,1-4H3. The van der Waals surface area contributed by atoms with Gasteiger partial charge in [0.05, 0.1) is 22.4 Å². The quantitative estimate of drug-likeness (QED) is 0.171. The van der Waals surface area contributed by atoms with E-state index in [-0.39, 0.29) is 17.7 Å². The predicted molar refractivity (Wildman–Crippen MR) is 152 cm³/mol. The number of para-hydroxylation sites is 1. The fourth-order valence-electron chi connectivity index (χ4n) is 4.40. The smallest absolute Gasteiger partial charge is 0.306 e. The van der Waals surface area contributed by atoms with Gasteiger partial charge in [-0.05, 0) is 102 Å². The molecule has 0 saturated carbocycles. The van der Waals surface area contributed by atoms with Crippen LogP contribution in [0.2, 0.25) is 0 Å². The van der Waals surface area contributed by atoms with Gasteiger partial charge in [0.25, 0.3) is 5.91 Å². The zero-order valence-corrected chi connectivity index (χ0v) is 22.9. The Morgan fingerprint density at radius 1 is 0.897 bits per heavy atom. The summed E-state index contributed by atoms with van der Waals surface area (Å²) in [5, 5.41) is 0. The summed E-state index contributed by atoms with van der Waals surface area (Å²) in [7, 11) is 0. The van der Waals surface area contributed by atoms with Crippen LogP contribution in [0, 0.1) is 5.82 Å². The number of carbonyl (C=O) groups excluding carboxylic acids is 2. The molecule has 0 saturated heterocycles. The summed E-state index contributed by atoms with van der Waals surface area (Å²) in [6, 6.07) is 21.1. The van der Waals surface area contributed by atoms with Crippen LogP contribution in [-0.4, -0.2) is 34.0 Å². The molecule has 0 N–H and O–H groups in total. The van der Waals surface area contributed by atoms with E-state index in [1.165, 1.54) is 12.1 Å². The number of ether oxygens (including phenoxy) is 1. The zero-order valence-electron chi connectivity index (χ0n) is 22.9. The van der Waals surface area contributed by atoms with Gasteiger partial charge < -0.3 is 9.64 Å². The van der Waals surface area contributed by atoms with Gasteiger partial charge in [-0.1, -0.05) is 18.2 Å². The third-order valence-electron chi connectivity index (χ3n) is 6.19. The number of halogens is 1. The van der Waals surface area contributed by atoms with E-state index in [2.05, 4.69) is 0 Å². The fourth-order valence-corrected chi connectivity index (χ4v) is 4.40. The Morgan fingerprint density at radius 3 is 2.28 bits per heavy atom. The van der Waals surface area contributed by atoms with Crippen LogP contribution in [-0.2, 0) is 16.0 Å². The first-order valence-electron chi connectivity index (χ1n) is 13.3. The number of aromatic nitrogens is 2. The number of esters is 1. The monoisotopic (exact) mass is 527 g/mol. The SMILES string of the molecule is CCN(C(=O)c1ccc2nc(-c3ccc(F)cc3)c(CCCCC(=O)OC(C)(C)C)nc2c1)c1ccccc1. The molecule has 202 valence electrons. The van der Waals surface area contributed by atoms with E-state index in [4.69, 9.17) is 14.7 Å². The maximum atomic E-state index is 13.6. The number of nitrogens with zero attached hydrogens (tertiary/aromatic N) is 3. The minimum absolute atomic E-state index is 0.117. The average molecular weight is 528 g/mol. The molecule has 3 aromatic carbocycles. The average Bonchev–Trinajstić information content (AvgIpc) is 2.91. The minimum atomic E-state index is -0.514. The van der Waals surface area contributed by atoms with Gasteiger partial charge in [0, 0.05) is 29.8 Å². The Hall–Kier alpha value is -4.13. The van der Waals surface area contributed by atoms with Crippen LogP contribution >= 0.6 is 0 Å². The summed E-state index contributed by atoms with van der Waals surface area (Å²) in [6.45, 7) is 8.02. The molecule has 7 heteroatoms. The summed E-state index contributed by atoms with van der Waals surface area (Å²) < 4.78 is 19.0. The molecular weight excluding hydrogens is 493 g/mol. The van der Waals surface area contributed by atoms with Gasteiger partial charge in [0.1, 0.15) is 11.4 Å². The highest BCUT2D eigenvalue weighted by molar-refractivity contribution is 6.07. The molecule has 6 nitrogen and oxygen atoms in total. The van der Waals surface area contributed by atoms with Crippen molar-refractivity contribution in [2.75, 3.05) is 11.4 Å². The number of carbonyl (C=O) groups is 2. The summed E-state index contributed by atoms with van der Waals surface area (Å²) in [5.41, 5.74) is 4.25. The minimum Gasteiger partial charge on any atom is -0.460 e. The van der Waals surface area contributed by atoms with Gasteiger partial charge in [-0.2, -0.15) is 0 Å². The molecule has 1 heterocycles. The number of amides is 1. The van der Waals surface area contributed by atoms with Crippen molar-refractivity contribution in [3.8, 4) is 11.3 Å². The lowest BCUT2D eigenvalue weighted by atomic mass is 10.0. The number of fused-ring (bicyclic) bond motifs is 1. The number of hydrogen-bond acceptors (Lipinski definition) is 5. The van der Waals surface area contributed by atoms with Gasteiger partial charge >= 0.3 is 5.97 Å². The number of rotatable bonds is 9. The van der Waals surface area contributed by atoms with Crippen molar-refractivity contribution >= 4 is 28.6 Å². The van der Waals surface area contributed by atoms with Crippen molar-refractivity contribution in [2.45, 2.75) is 59.0 Å². The first-order valence-corrected chi connectivity index (χ1v) is 13.3. The molecule has 0 aliphatic carbocycles. The second-order valence-electron chi connectivity index (χ2n) is 10.4. The summed E-state index contributed by atoms with van der Waals surface area (Å²) in [6.07, 6.45) is 2.22. The molecule has 0 aliphatic heterocycles. The molecular formula is C32H34FN3O3. The fraction of sp³-hybridized carbons (Fsp3) is 0.312. The van der Waals surface area contributed by atoms with E-state index < -0.39 is 5.60 Å². The second kappa shape index (κ2) is 12.2. The summed E-state index contributed by atoms with van der Waals surface area (Å²) in [5.74, 6) is -0.671. The Balaban J connectivity index is 1.62. The van der Waals surface area contributed by atoms with Crippen LogP contribution in [0.3, 0.4) is 0 Å². The number of hydrogen-bond donors (Lipinski definition) is 0. The molecule has 0 aliphatic rings. The van der Waals surface area contributed by atoms with Gasteiger partial charge in [-0.15, -0.1) is 0 Å². The molecule has 4 aromatic rings. The van der Waals surface area contributed by atoms with E-state index in [0.717, 1.165) is 16.9 Å². The van der Waals surface area contributed by atoms with E-state index in [0.29, 0.717) is 54.5 Å². The van der Waals surface area contributed by atoms with Gasteiger partial charge in [-0.25, -0.2) is 14.4 Å². The van der Waals surface area contributed by atoms with Crippen LogP contribution in [0.25, 0.3) is 22.3 Å². The molecule has 0 radical (unpaired) electrons. The van der Waals surface area contributed by atoms with Crippen molar-refractivity contribution in [1.82, 2.24) is 9.97 Å². The Morgan fingerprint density at radius 2 is 1.62 bits per heavy atom. The highest BCUT2D eigenvalue weighted by Gasteiger charge is 2.19. The lowest BCUT2D eigenvalue weighted by Crippen LogP contribution is -2.30. The van der Waals surface area contributed by atoms with Gasteiger partial charge in [-0.3, -0.25) is 9.59 Å². The third-order valence-corrected chi connectivity index (χ3v) is 6.19. The lowest BCUT2D eigenvalue weighted by molar-refractivity contribution is -0.154. The van der Waals surface area contributed by atoms with Crippen LogP contribution in [0.4, 0.5) is 10.1 Å². The molecule has 0 spiro atoms. The number of unbranched alkanes of at least 4 members (excludes halogenated alkanes) is 1. The van der Waals surface area contributed by atoms with E-state index in [1.807, 2.05) is 58.0 Å². The van der Waals surface area contributed by atoms with Crippen molar-refractivity contribution in [3.63, 3.8) is 0 Å². The third kappa shape index (κ3) is 7.25. The highest BCUT2D eigenvalue weighted by Crippen LogP contribution is 2.27. The lowest BCUT2D eigenvalue weighted by Gasteiger charge is -2.21. The molecule has 4 rings (SSSR count). The molecule has 39 heavy (non-hydrogen) atoms. The van der Waals surface area contributed by atoms with E-state index in [9.17, 15) is 14.0 Å². The van der Waals surface area contributed by atoms with Gasteiger partial charge in [0.2, 0.25) is 0 Å². The number of anilines is 1. The largest absolute Gasteiger partial charge is 0.460 e. The molecule has 0 atom stereocenters. The van der Waals surface area contributed by atoms with Crippen molar-refractivity contribution in [1.29, 1.82) is 0 Å².